The highest BCUT2D eigenvalue weighted by atomic mass is 31.2. The van der Waals surface area contributed by atoms with E-state index >= 15 is 0 Å². The molecule has 4 nitrogen and oxygen atoms in total. The van der Waals surface area contributed by atoms with Crippen molar-refractivity contribution in [1.29, 1.82) is 0 Å². The number of terminal acetylenes is 2. The van der Waals surface area contributed by atoms with Gasteiger partial charge in [-0.2, -0.15) is 0 Å². The molecule has 2 atom stereocenters. The van der Waals surface area contributed by atoms with E-state index in [1.165, 1.54) is 16.5 Å². The summed E-state index contributed by atoms with van der Waals surface area (Å²) in [5, 5.41) is 0. The molecule has 1 aliphatic rings. The Bertz CT molecular complexity index is 325. The summed E-state index contributed by atoms with van der Waals surface area (Å²) in [5.74, 6) is 5.05. The number of rotatable bonds is 1. The molecule has 0 radical (unpaired) electrons. The van der Waals surface area contributed by atoms with E-state index in [-0.39, 0.29) is 12.1 Å². The van der Waals surface area contributed by atoms with E-state index in [4.69, 9.17) is 17.4 Å². The van der Waals surface area contributed by atoms with Crippen LogP contribution in [0.2, 0.25) is 0 Å². The molecule has 0 N–H and O–H groups in total. The summed E-state index contributed by atoms with van der Waals surface area (Å²) in [6, 6.07) is -0.730. The molecule has 1 aliphatic heterocycles. The van der Waals surface area contributed by atoms with E-state index in [0.717, 1.165) is 0 Å². The maximum absolute atomic E-state index is 12.2. The minimum absolute atomic E-state index is 0.365. The first-order valence-corrected chi connectivity index (χ1v) is 5.60. The van der Waals surface area contributed by atoms with Crippen molar-refractivity contribution in [1.82, 2.24) is 9.34 Å². The molecule has 1 fully saturated rings. The van der Waals surface area contributed by atoms with Gasteiger partial charge in [-0.05, 0) is 14.1 Å². The van der Waals surface area contributed by atoms with Gasteiger partial charge in [0.05, 0.1) is 0 Å². The fourth-order valence-corrected chi connectivity index (χ4v) is 3.58. The quantitative estimate of drug-likeness (QED) is 0.471. The highest BCUT2D eigenvalue weighted by Gasteiger charge is 2.50. The molecular formula is C9H13N2O2P. The summed E-state index contributed by atoms with van der Waals surface area (Å²) in [7, 11) is 1.70. The predicted octanol–water partition coefficient (Wildman–Crippen LogP) is 0.622. The Hall–Kier alpha value is -0.770. The van der Waals surface area contributed by atoms with Crippen molar-refractivity contribution in [3.8, 4) is 24.7 Å². The molecule has 0 amide bonds. The van der Waals surface area contributed by atoms with Crippen LogP contribution in [0.15, 0.2) is 0 Å². The molecule has 0 bridgehead atoms. The van der Waals surface area contributed by atoms with Gasteiger partial charge in [-0.15, -0.1) is 12.8 Å². The lowest BCUT2D eigenvalue weighted by atomic mass is 10.1. The van der Waals surface area contributed by atoms with Crippen LogP contribution in [0.5, 0.6) is 0 Å². The number of hydrogen-bond acceptors (Lipinski definition) is 2. The van der Waals surface area contributed by atoms with Gasteiger partial charge in [0, 0.05) is 7.11 Å². The summed E-state index contributed by atoms with van der Waals surface area (Å²) in [6.07, 6.45) is 10.7. The van der Waals surface area contributed by atoms with Crippen molar-refractivity contribution < 1.29 is 9.09 Å². The molecule has 1 heterocycles. The van der Waals surface area contributed by atoms with Gasteiger partial charge >= 0.3 is 7.67 Å². The largest absolute Gasteiger partial charge is 0.347 e. The van der Waals surface area contributed by atoms with Gasteiger partial charge in [0.25, 0.3) is 0 Å². The van der Waals surface area contributed by atoms with Gasteiger partial charge < -0.3 is 4.52 Å². The topological polar surface area (TPSA) is 32.8 Å². The second kappa shape index (κ2) is 3.77. The molecule has 5 heteroatoms. The number of hydrogen-bond donors (Lipinski definition) is 0. The summed E-state index contributed by atoms with van der Waals surface area (Å²) < 4.78 is 20.3. The first kappa shape index (κ1) is 11.3. The fourth-order valence-electron chi connectivity index (χ4n) is 1.60. The summed E-state index contributed by atoms with van der Waals surface area (Å²) in [6.45, 7) is 0. The van der Waals surface area contributed by atoms with Crippen molar-refractivity contribution in [2.24, 2.45) is 0 Å². The lowest BCUT2D eigenvalue weighted by Gasteiger charge is -2.22. The maximum atomic E-state index is 12.2. The Balaban J connectivity index is 3.16. The highest BCUT2D eigenvalue weighted by Crippen LogP contribution is 2.59. The zero-order chi connectivity index (χ0) is 10.9. The lowest BCUT2D eigenvalue weighted by molar-refractivity contribution is 0.314. The van der Waals surface area contributed by atoms with E-state index in [2.05, 4.69) is 11.8 Å². The SMILES string of the molecule is C#CC1C(C#C)N(C)P(=O)(OC)N1C. The van der Waals surface area contributed by atoms with E-state index in [1.54, 1.807) is 14.1 Å². The third-order valence-electron chi connectivity index (χ3n) is 2.48. The van der Waals surface area contributed by atoms with Crippen LogP contribution in [0.1, 0.15) is 0 Å². The van der Waals surface area contributed by atoms with Crippen LogP contribution >= 0.6 is 7.67 Å². The molecule has 0 spiro atoms. The zero-order valence-electron chi connectivity index (χ0n) is 8.47. The van der Waals surface area contributed by atoms with Gasteiger partial charge in [-0.25, -0.2) is 9.34 Å². The van der Waals surface area contributed by atoms with Crippen molar-refractivity contribution in [3.63, 3.8) is 0 Å². The molecule has 0 aliphatic carbocycles. The van der Waals surface area contributed by atoms with E-state index in [1.807, 2.05) is 0 Å². The standard InChI is InChI=1S/C9H13N2O2P/c1-6-8-9(7-2)11(4)14(12,13-5)10(8)3/h1-2,8-9H,3-5H3. The normalized spacial score (nSPS) is 39.2. The molecule has 0 aromatic carbocycles. The molecule has 76 valence electrons. The first-order chi connectivity index (χ1) is 6.52. The molecule has 0 aromatic heterocycles. The van der Waals surface area contributed by atoms with Gasteiger partial charge in [-0.3, -0.25) is 4.57 Å². The van der Waals surface area contributed by atoms with Gasteiger partial charge in [0.1, 0.15) is 12.1 Å². The Kier molecular flexibility index (Phi) is 3.04. The average molecular weight is 212 g/mol. The fraction of sp³-hybridized carbons (Fsp3) is 0.556. The van der Waals surface area contributed by atoms with Crippen LogP contribution in [-0.2, 0) is 9.09 Å². The molecule has 14 heavy (non-hydrogen) atoms. The summed E-state index contributed by atoms with van der Waals surface area (Å²) >= 11 is 0. The molecule has 0 saturated carbocycles. The minimum Gasteiger partial charge on any atom is -0.309 e. The lowest BCUT2D eigenvalue weighted by Crippen LogP contribution is -2.32. The zero-order valence-corrected chi connectivity index (χ0v) is 9.36. The molecular weight excluding hydrogens is 199 g/mol. The maximum Gasteiger partial charge on any atom is 0.347 e. The van der Waals surface area contributed by atoms with Crippen molar-refractivity contribution in [3.05, 3.63) is 0 Å². The van der Waals surface area contributed by atoms with Crippen LogP contribution in [0.25, 0.3) is 0 Å². The van der Waals surface area contributed by atoms with E-state index in [9.17, 15) is 4.57 Å². The molecule has 0 aromatic rings. The van der Waals surface area contributed by atoms with Crippen LogP contribution in [-0.4, -0.2) is 42.6 Å². The summed E-state index contributed by atoms with van der Waals surface area (Å²) in [4.78, 5) is 0. The first-order valence-electron chi connectivity index (χ1n) is 4.07. The van der Waals surface area contributed by atoms with Crippen molar-refractivity contribution in [2.75, 3.05) is 21.2 Å². The second-order valence-electron chi connectivity index (χ2n) is 3.04. The molecule has 2 unspecified atom stereocenters. The van der Waals surface area contributed by atoms with Crippen molar-refractivity contribution in [2.45, 2.75) is 12.1 Å². The van der Waals surface area contributed by atoms with E-state index in [0.29, 0.717) is 0 Å². The highest BCUT2D eigenvalue weighted by molar-refractivity contribution is 7.54. The van der Waals surface area contributed by atoms with Gasteiger partial charge in [0.15, 0.2) is 0 Å². The molecule has 1 rings (SSSR count). The number of likely N-dealkylation sites (N-methyl/N-ethyl adjacent to an activating group) is 2. The minimum atomic E-state index is -3.00. The van der Waals surface area contributed by atoms with Crippen molar-refractivity contribution >= 4 is 7.67 Å². The Labute approximate surface area is 84.8 Å². The smallest absolute Gasteiger partial charge is 0.309 e. The van der Waals surface area contributed by atoms with Crippen LogP contribution < -0.4 is 0 Å². The third-order valence-corrected chi connectivity index (χ3v) is 5.05. The van der Waals surface area contributed by atoms with E-state index < -0.39 is 7.67 Å². The Morgan fingerprint density at radius 3 is 1.79 bits per heavy atom. The second-order valence-corrected chi connectivity index (χ2v) is 5.65. The van der Waals surface area contributed by atoms with Crippen LogP contribution in [0.3, 0.4) is 0 Å². The monoisotopic (exact) mass is 212 g/mol. The third kappa shape index (κ3) is 1.29. The number of nitrogens with zero attached hydrogens (tertiary/aromatic N) is 2. The predicted molar refractivity (Wildman–Crippen MR) is 55.4 cm³/mol. The summed E-state index contributed by atoms with van der Waals surface area (Å²) in [5.41, 5.74) is 0. The average Bonchev–Trinajstić information content (AvgIpc) is 2.39. The van der Waals surface area contributed by atoms with Gasteiger partial charge in [0.2, 0.25) is 0 Å². The molecule has 1 saturated heterocycles. The van der Waals surface area contributed by atoms with Gasteiger partial charge in [-0.1, -0.05) is 11.8 Å². The Morgan fingerprint density at radius 1 is 1.21 bits per heavy atom. The van der Waals surface area contributed by atoms with Crippen LogP contribution in [0, 0.1) is 24.7 Å². The Morgan fingerprint density at radius 2 is 1.57 bits per heavy atom. The van der Waals surface area contributed by atoms with Crippen LogP contribution in [0.4, 0.5) is 0 Å².